The van der Waals surface area contributed by atoms with Gasteiger partial charge < -0.3 is 10.6 Å². The van der Waals surface area contributed by atoms with Gasteiger partial charge in [0.1, 0.15) is 0 Å². The maximum Gasteiger partial charge on any atom is 0.253 e. The first-order valence-corrected chi connectivity index (χ1v) is 7.42. The summed E-state index contributed by atoms with van der Waals surface area (Å²) in [4.78, 5) is 14.3. The van der Waals surface area contributed by atoms with Crippen molar-refractivity contribution in [1.82, 2.24) is 4.90 Å². The van der Waals surface area contributed by atoms with E-state index in [0.717, 1.165) is 5.56 Å². The van der Waals surface area contributed by atoms with E-state index in [9.17, 15) is 4.79 Å². The third-order valence-electron chi connectivity index (χ3n) is 4.22. The molecule has 1 aliphatic carbocycles. The molecule has 1 aromatic carbocycles. The summed E-state index contributed by atoms with van der Waals surface area (Å²) in [5, 5.41) is 0. The first-order chi connectivity index (χ1) is 9.34. The molecule has 0 spiro atoms. The van der Waals surface area contributed by atoms with Crippen molar-refractivity contribution < 1.29 is 4.79 Å². The van der Waals surface area contributed by atoms with E-state index < -0.39 is 0 Å². The molecule has 3 nitrogen and oxygen atoms in total. The maximum atomic E-state index is 12.5. The maximum absolute atomic E-state index is 12.5. The highest BCUT2D eigenvalue weighted by Gasteiger charge is 2.35. The molecule has 1 amide bonds. The van der Waals surface area contributed by atoms with Crippen LogP contribution in [-0.4, -0.2) is 30.4 Å². The van der Waals surface area contributed by atoms with Crippen LogP contribution in [0.2, 0.25) is 0 Å². The van der Waals surface area contributed by atoms with Gasteiger partial charge in [-0.25, -0.2) is 0 Å². The van der Waals surface area contributed by atoms with E-state index in [1.165, 1.54) is 18.4 Å². The van der Waals surface area contributed by atoms with E-state index in [0.29, 0.717) is 12.5 Å². The Bertz CT molecular complexity index is 469. The summed E-state index contributed by atoms with van der Waals surface area (Å²) < 4.78 is 0. The Morgan fingerprint density at radius 1 is 1.30 bits per heavy atom. The van der Waals surface area contributed by atoms with E-state index in [2.05, 4.69) is 32.9 Å². The average Bonchev–Trinajstić information content (AvgIpc) is 3.22. The molecule has 110 valence electrons. The fourth-order valence-electron chi connectivity index (χ4n) is 2.61. The number of benzene rings is 1. The van der Waals surface area contributed by atoms with Gasteiger partial charge in [-0.2, -0.15) is 0 Å². The molecule has 3 heteroatoms. The van der Waals surface area contributed by atoms with Crippen LogP contribution >= 0.6 is 0 Å². The van der Waals surface area contributed by atoms with Crippen molar-refractivity contribution in [2.75, 3.05) is 13.6 Å². The van der Waals surface area contributed by atoms with Gasteiger partial charge in [0.25, 0.3) is 5.91 Å². The predicted molar refractivity (Wildman–Crippen MR) is 82.8 cm³/mol. The molecule has 2 rings (SSSR count). The number of amides is 1. The van der Waals surface area contributed by atoms with Gasteiger partial charge in [-0.3, -0.25) is 4.79 Å². The minimum atomic E-state index is 0.0767. The summed E-state index contributed by atoms with van der Waals surface area (Å²) in [6, 6.07) is 8.15. The van der Waals surface area contributed by atoms with E-state index in [4.69, 9.17) is 5.73 Å². The standard InChI is InChI=1S/C17H26N2O/c1-17(2,3)14-9-7-13(8-10-14)16(20)19(4)15(11-18)12-5-6-12/h7-10,12,15H,5-6,11,18H2,1-4H3. The molecule has 2 N–H and O–H groups in total. The lowest BCUT2D eigenvalue weighted by Gasteiger charge is -2.27. The van der Waals surface area contributed by atoms with Crippen molar-refractivity contribution in [3.8, 4) is 0 Å². The molecular formula is C17H26N2O. The number of carbonyl (C=O) groups is 1. The van der Waals surface area contributed by atoms with Crippen LogP contribution in [0.3, 0.4) is 0 Å². The van der Waals surface area contributed by atoms with Crippen LogP contribution in [0.25, 0.3) is 0 Å². The second-order valence-electron chi connectivity index (χ2n) is 6.88. The predicted octanol–water partition coefficient (Wildman–Crippen LogP) is 2.79. The SMILES string of the molecule is CN(C(=O)c1ccc(C(C)(C)C)cc1)C(CN)C1CC1. The monoisotopic (exact) mass is 274 g/mol. The third-order valence-corrected chi connectivity index (χ3v) is 4.22. The molecule has 20 heavy (non-hydrogen) atoms. The van der Waals surface area contributed by atoms with Gasteiger partial charge in [-0.15, -0.1) is 0 Å². The number of carbonyl (C=O) groups excluding carboxylic acids is 1. The van der Waals surface area contributed by atoms with Crippen molar-refractivity contribution >= 4 is 5.91 Å². The van der Waals surface area contributed by atoms with Gasteiger partial charge >= 0.3 is 0 Å². The summed E-state index contributed by atoms with van der Waals surface area (Å²) >= 11 is 0. The van der Waals surface area contributed by atoms with Crippen LogP contribution in [-0.2, 0) is 5.41 Å². The number of hydrogen-bond acceptors (Lipinski definition) is 2. The van der Waals surface area contributed by atoms with Crippen molar-refractivity contribution in [3.05, 3.63) is 35.4 Å². The smallest absolute Gasteiger partial charge is 0.253 e. The quantitative estimate of drug-likeness (QED) is 0.917. The van der Waals surface area contributed by atoms with Crippen molar-refractivity contribution in [2.45, 2.75) is 45.1 Å². The van der Waals surface area contributed by atoms with Gasteiger partial charge in [0, 0.05) is 25.2 Å². The minimum Gasteiger partial charge on any atom is -0.337 e. The molecular weight excluding hydrogens is 248 g/mol. The van der Waals surface area contributed by atoms with Gasteiger partial charge in [-0.1, -0.05) is 32.9 Å². The fourth-order valence-corrected chi connectivity index (χ4v) is 2.61. The van der Waals surface area contributed by atoms with Gasteiger partial charge in [-0.05, 0) is 41.9 Å². The van der Waals surface area contributed by atoms with Gasteiger partial charge in [0.2, 0.25) is 0 Å². The van der Waals surface area contributed by atoms with E-state index >= 15 is 0 Å². The normalized spacial score (nSPS) is 16.9. The second-order valence-corrected chi connectivity index (χ2v) is 6.88. The molecule has 1 saturated carbocycles. The van der Waals surface area contributed by atoms with Crippen LogP contribution in [0, 0.1) is 5.92 Å². The Morgan fingerprint density at radius 3 is 2.25 bits per heavy atom. The molecule has 1 fully saturated rings. The van der Waals surface area contributed by atoms with Crippen LogP contribution in [0.5, 0.6) is 0 Å². The molecule has 0 radical (unpaired) electrons. The van der Waals surface area contributed by atoms with Gasteiger partial charge in [0.15, 0.2) is 0 Å². The first-order valence-electron chi connectivity index (χ1n) is 7.42. The molecule has 0 aliphatic heterocycles. The topological polar surface area (TPSA) is 46.3 Å². The van der Waals surface area contributed by atoms with Crippen LogP contribution in [0.4, 0.5) is 0 Å². The molecule has 1 aliphatic rings. The lowest BCUT2D eigenvalue weighted by molar-refractivity contribution is 0.0718. The van der Waals surface area contributed by atoms with Crippen LogP contribution < -0.4 is 5.73 Å². The Labute approximate surface area is 122 Å². The molecule has 0 saturated heterocycles. The Morgan fingerprint density at radius 2 is 1.85 bits per heavy atom. The largest absolute Gasteiger partial charge is 0.337 e. The zero-order chi connectivity index (χ0) is 14.9. The van der Waals surface area contributed by atoms with Crippen molar-refractivity contribution in [1.29, 1.82) is 0 Å². The highest BCUT2D eigenvalue weighted by Crippen LogP contribution is 2.35. The lowest BCUT2D eigenvalue weighted by Crippen LogP contribution is -2.43. The number of likely N-dealkylation sites (N-methyl/N-ethyl adjacent to an activating group) is 1. The minimum absolute atomic E-state index is 0.0767. The zero-order valence-corrected chi connectivity index (χ0v) is 13.0. The molecule has 1 unspecified atom stereocenters. The van der Waals surface area contributed by atoms with Crippen molar-refractivity contribution in [3.63, 3.8) is 0 Å². The average molecular weight is 274 g/mol. The fraction of sp³-hybridized carbons (Fsp3) is 0.588. The first kappa shape index (κ1) is 15.0. The highest BCUT2D eigenvalue weighted by molar-refractivity contribution is 5.94. The number of hydrogen-bond donors (Lipinski definition) is 1. The van der Waals surface area contributed by atoms with E-state index in [1.807, 2.05) is 24.1 Å². The van der Waals surface area contributed by atoms with Crippen LogP contribution in [0.15, 0.2) is 24.3 Å². The summed E-state index contributed by atoms with van der Waals surface area (Å²) in [5.74, 6) is 0.676. The summed E-state index contributed by atoms with van der Waals surface area (Å²) in [6.45, 7) is 7.07. The third kappa shape index (κ3) is 3.21. The van der Waals surface area contributed by atoms with Gasteiger partial charge in [0.05, 0.1) is 0 Å². The van der Waals surface area contributed by atoms with E-state index in [1.54, 1.807) is 0 Å². The Kier molecular flexibility index (Phi) is 4.19. The number of nitrogens with zero attached hydrogens (tertiary/aromatic N) is 1. The molecule has 1 atom stereocenters. The molecule has 1 aromatic rings. The Hall–Kier alpha value is -1.35. The van der Waals surface area contributed by atoms with Crippen molar-refractivity contribution in [2.24, 2.45) is 11.7 Å². The second kappa shape index (κ2) is 5.57. The zero-order valence-electron chi connectivity index (χ0n) is 13.0. The summed E-state index contributed by atoms with van der Waals surface area (Å²) in [7, 11) is 1.87. The summed E-state index contributed by atoms with van der Waals surface area (Å²) in [5.41, 5.74) is 7.92. The van der Waals surface area contributed by atoms with Crippen LogP contribution in [0.1, 0.15) is 49.5 Å². The molecule has 0 heterocycles. The van der Waals surface area contributed by atoms with E-state index in [-0.39, 0.29) is 17.4 Å². The number of nitrogens with two attached hydrogens (primary N) is 1. The molecule has 0 aromatic heterocycles. The lowest BCUT2D eigenvalue weighted by atomic mass is 9.86. The highest BCUT2D eigenvalue weighted by atomic mass is 16.2. The summed E-state index contributed by atoms with van der Waals surface area (Å²) in [6.07, 6.45) is 2.39. The Balaban J connectivity index is 2.12. The molecule has 0 bridgehead atoms. The number of rotatable bonds is 4.